The third-order valence-electron chi connectivity index (χ3n) is 4.77. The molecule has 0 radical (unpaired) electrons. The SMILES string of the molecule is CCOC(=O)C=Cc1c(-c2ccc(F)cc2OC)c2ccccc2c(=O)n1C(C)C. The van der Waals surface area contributed by atoms with Gasteiger partial charge in [-0.25, -0.2) is 9.18 Å². The van der Waals surface area contributed by atoms with Gasteiger partial charge in [0.05, 0.1) is 19.4 Å². The van der Waals surface area contributed by atoms with Crippen LogP contribution < -0.4 is 10.3 Å². The number of fused-ring (bicyclic) bond motifs is 1. The van der Waals surface area contributed by atoms with E-state index in [-0.39, 0.29) is 18.2 Å². The number of carbonyl (C=O) groups is 1. The number of nitrogens with zero attached hydrogens (tertiary/aromatic N) is 1. The van der Waals surface area contributed by atoms with E-state index in [9.17, 15) is 14.0 Å². The van der Waals surface area contributed by atoms with Crippen LogP contribution in [0, 0.1) is 5.82 Å². The Morgan fingerprint density at radius 1 is 1.17 bits per heavy atom. The summed E-state index contributed by atoms with van der Waals surface area (Å²) in [6.45, 7) is 5.75. The Morgan fingerprint density at radius 2 is 1.87 bits per heavy atom. The zero-order valence-electron chi connectivity index (χ0n) is 17.4. The highest BCUT2D eigenvalue weighted by molar-refractivity contribution is 6.02. The summed E-state index contributed by atoms with van der Waals surface area (Å²) >= 11 is 0. The van der Waals surface area contributed by atoms with Crippen molar-refractivity contribution in [1.82, 2.24) is 4.57 Å². The predicted octanol–water partition coefficient (Wildman–Crippen LogP) is 4.97. The maximum atomic E-state index is 13.9. The lowest BCUT2D eigenvalue weighted by Crippen LogP contribution is -2.25. The first-order valence-electron chi connectivity index (χ1n) is 9.75. The van der Waals surface area contributed by atoms with Crippen LogP contribution in [-0.2, 0) is 9.53 Å². The minimum absolute atomic E-state index is 0.172. The molecule has 3 aromatic rings. The number of benzene rings is 2. The highest BCUT2D eigenvalue weighted by Gasteiger charge is 2.21. The molecule has 0 saturated carbocycles. The van der Waals surface area contributed by atoms with E-state index in [1.165, 1.54) is 25.3 Å². The van der Waals surface area contributed by atoms with Gasteiger partial charge in [0.15, 0.2) is 0 Å². The van der Waals surface area contributed by atoms with E-state index in [1.54, 1.807) is 35.8 Å². The molecule has 0 aliphatic rings. The Bertz CT molecular complexity index is 1180. The maximum Gasteiger partial charge on any atom is 0.330 e. The molecule has 0 bridgehead atoms. The lowest BCUT2D eigenvalue weighted by Gasteiger charge is -2.21. The highest BCUT2D eigenvalue weighted by atomic mass is 19.1. The molecule has 1 aromatic heterocycles. The fraction of sp³-hybridized carbons (Fsp3) is 0.250. The van der Waals surface area contributed by atoms with Crippen LogP contribution in [0.1, 0.15) is 32.5 Å². The van der Waals surface area contributed by atoms with E-state index in [4.69, 9.17) is 9.47 Å². The molecule has 0 N–H and O–H groups in total. The molecule has 2 aromatic carbocycles. The van der Waals surface area contributed by atoms with Gasteiger partial charge in [-0.1, -0.05) is 18.2 Å². The van der Waals surface area contributed by atoms with Gasteiger partial charge in [0.2, 0.25) is 0 Å². The summed E-state index contributed by atoms with van der Waals surface area (Å²) in [4.78, 5) is 25.3. The average Bonchev–Trinajstić information content (AvgIpc) is 2.72. The van der Waals surface area contributed by atoms with Crippen molar-refractivity contribution in [2.24, 2.45) is 0 Å². The molecule has 0 saturated heterocycles. The molecule has 0 aliphatic carbocycles. The zero-order chi connectivity index (χ0) is 21.8. The van der Waals surface area contributed by atoms with Crippen LogP contribution in [0.3, 0.4) is 0 Å². The quantitative estimate of drug-likeness (QED) is 0.426. The average molecular weight is 409 g/mol. The Morgan fingerprint density at radius 3 is 2.50 bits per heavy atom. The fourth-order valence-corrected chi connectivity index (χ4v) is 3.55. The van der Waals surface area contributed by atoms with Gasteiger partial charge >= 0.3 is 5.97 Å². The number of rotatable bonds is 6. The van der Waals surface area contributed by atoms with Gasteiger partial charge < -0.3 is 14.0 Å². The molecule has 0 atom stereocenters. The number of aromatic nitrogens is 1. The van der Waals surface area contributed by atoms with Crippen molar-refractivity contribution < 1.29 is 18.7 Å². The van der Waals surface area contributed by atoms with E-state index in [1.807, 2.05) is 26.0 Å². The van der Waals surface area contributed by atoms with E-state index in [2.05, 4.69) is 0 Å². The summed E-state index contributed by atoms with van der Waals surface area (Å²) in [5.41, 5.74) is 1.64. The fourth-order valence-electron chi connectivity index (χ4n) is 3.55. The van der Waals surface area contributed by atoms with Crippen molar-refractivity contribution in [1.29, 1.82) is 0 Å². The van der Waals surface area contributed by atoms with Gasteiger partial charge in [0, 0.05) is 34.7 Å². The summed E-state index contributed by atoms with van der Waals surface area (Å²) in [5.74, 6) is -0.606. The van der Waals surface area contributed by atoms with Gasteiger partial charge in [0.1, 0.15) is 11.6 Å². The van der Waals surface area contributed by atoms with Crippen LogP contribution in [0.2, 0.25) is 0 Å². The topological polar surface area (TPSA) is 57.5 Å². The molecule has 0 fully saturated rings. The largest absolute Gasteiger partial charge is 0.496 e. The monoisotopic (exact) mass is 409 g/mol. The van der Waals surface area contributed by atoms with Crippen molar-refractivity contribution in [2.75, 3.05) is 13.7 Å². The second-order valence-corrected chi connectivity index (χ2v) is 7.00. The van der Waals surface area contributed by atoms with Gasteiger partial charge in [-0.15, -0.1) is 0 Å². The molecule has 0 amide bonds. The molecule has 6 heteroatoms. The van der Waals surface area contributed by atoms with E-state index in [0.717, 1.165) is 0 Å². The van der Waals surface area contributed by atoms with Crippen molar-refractivity contribution in [2.45, 2.75) is 26.8 Å². The predicted molar refractivity (Wildman–Crippen MR) is 116 cm³/mol. The lowest BCUT2D eigenvalue weighted by atomic mass is 9.95. The molecule has 5 nitrogen and oxygen atoms in total. The smallest absolute Gasteiger partial charge is 0.330 e. The van der Waals surface area contributed by atoms with Gasteiger partial charge in [-0.2, -0.15) is 0 Å². The van der Waals surface area contributed by atoms with Gasteiger partial charge in [-0.3, -0.25) is 4.79 Å². The Kier molecular flexibility index (Phi) is 6.35. The van der Waals surface area contributed by atoms with Crippen molar-refractivity contribution >= 4 is 22.8 Å². The molecular weight excluding hydrogens is 385 g/mol. The minimum Gasteiger partial charge on any atom is -0.496 e. The number of ether oxygens (including phenoxy) is 2. The number of hydrogen-bond acceptors (Lipinski definition) is 4. The van der Waals surface area contributed by atoms with Gasteiger partial charge in [0.25, 0.3) is 5.56 Å². The summed E-state index contributed by atoms with van der Waals surface area (Å²) in [6, 6.07) is 11.3. The molecular formula is C24H24FNO4. The normalized spacial score (nSPS) is 11.4. The van der Waals surface area contributed by atoms with Crippen LogP contribution in [0.4, 0.5) is 4.39 Å². The minimum atomic E-state index is -0.509. The van der Waals surface area contributed by atoms with Crippen LogP contribution >= 0.6 is 0 Å². The van der Waals surface area contributed by atoms with Gasteiger partial charge in [-0.05, 0) is 50.4 Å². The standard InChI is InChI=1S/C24H24FNO4/c1-5-30-22(27)13-12-20-23(19-11-10-16(25)14-21(19)29-4)17-8-6-7-9-18(17)24(28)26(20)15(2)3/h6-15H,5H2,1-4H3. The molecule has 156 valence electrons. The number of carbonyl (C=O) groups excluding carboxylic acids is 1. The van der Waals surface area contributed by atoms with Crippen molar-refractivity contribution in [3.63, 3.8) is 0 Å². The number of hydrogen-bond donors (Lipinski definition) is 0. The number of pyridine rings is 1. The highest BCUT2D eigenvalue weighted by Crippen LogP contribution is 2.38. The third-order valence-corrected chi connectivity index (χ3v) is 4.77. The van der Waals surface area contributed by atoms with E-state index in [0.29, 0.717) is 33.3 Å². The summed E-state index contributed by atoms with van der Waals surface area (Å²) in [6.07, 6.45) is 2.87. The Labute approximate surface area is 174 Å². The molecule has 0 unspecified atom stereocenters. The number of esters is 1. The Balaban J connectivity index is 2.47. The van der Waals surface area contributed by atoms with Crippen LogP contribution in [0.15, 0.2) is 53.3 Å². The van der Waals surface area contributed by atoms with Crippen LogP contribution in [-0.4, -0.2) is 24.3 Å². The number of methoxy groups -OCH3 is 1. The Hall–Kier alpha value is -3.41. The second kappa shape index (κ2) is 8.95. The maximum absolute atomic E-state index is 13.9. The summed E-state index contributed by atoms with van der Waals surface area (Å²) in [7, 11) is 1.47. The molecule has 0 spiro atoms. The molecule has 30 heavy (non-hydrogen) atoms. The first-order valence-corrected chi connectivity index (χ1v) is 9.75. The first kappa shape index (κ1) is 21.3. The van der Waals surface area contributed by atoms with Crippen LogP contribution in [0.25, 0.3) is 28.0 Å². The second-order valence-electron chi connectivity index (χ2n) is 7.00. The lowest BCUT2D eigenvalue weighted by molar-refractivity contribution is -0.137. The molecule has 0 aliphatic heterocycles. The molecule has 3 rings (SSSR count). The first-order chi connectivity index (χ1) is 14.4. The number of halogens is 1. The van der Waals surface area contributed by atoms with Crippen molar-refractivity contribution in [3.8, 4) is 16.9 Å². The summed E-state index contributed by atoms with van der Waals surface area (Å²) in [5, 5.41) is 1.22. The molecule has 1 heterocycles. The third kappa shape index (κ3) is 3.99. The van der Waals surface area contributed by atoms with E-state index < -0.39 is 11.8 Å². The summed E-state index contributed by atoms with van der Waals surface area (Å²) < 4.78 is 25.9. The zero-order valence-corrected chi connectivity index (χ0v) is 17.4. The van der Waals surface area contributed by atoms with E-state index >= 15 is 0 Å². The van der Waals surface area contributed by atoms with Crippen molar-refractivity contribution in [3.05, 3.63) is 70.4 Å². The van der Waals surface area contributed by atoms with Crippen LogP contribution in [0.5, 0.6) is 5.75 Å².